The van der Waals surface area contributed by atoms with Gasteiger partial charge in [0.1, 0.15) is 11.9 Å². The van der Waals surface area contributed by atoms with E-state index in [1.807, 2.05) is 0 Å². The van der Waals surface area contributed by atoms with Gasteiger partial charge in [-0.2, -0.15) is 0 Å². The molecular formula is C17H18FNO3S. The second-order valence-electron chi connectivity index (χ2n) is 5.56. The lowest BCUT2D eigenvalue weighted by atomic mass is 10.0. The van der Waals surface area contributed by atoms with Crippen molar-refractivity contribution in [2.75, 3.05) is 0 Å². The highest BCUT2D eigenvalue weighted by Gasteiger charge is 2.33. The first-order valence-electron chi connectivity index (χ1n) is 7.22. The minimum Gasteiger partial charge on any atom is -0.480 e. The van der Waals surface area contributed by atoms with Crippen molar-refractivity contribution < 1.29 is 19.1 Å². The zero-order valence-corrected chi connectivity index (χ0v) is 13.7. The molecule has 0 saturated heterocycles. The molecular weight excluding hydrogens is 317 g/mol. The second kappa shape index (κ2) is 7.37. The van der Waals surface area contributed by atoms with Gasteiger partial charge in [0.2, 0.25) is 0 Å². The molecule has 0 aliphatic rings. The van der Waals surface area contributed by atoms with Crippen LogP contribution in [0.15, 0.2) is 41.8 Å². The fourth-order valence-corrected chi connectivity index (χ4v) is 3.08. The number of thiophene rings is 1. The number of carboxylic acids is 1. The summed E-state index contributed by atoms with van der Waals surface area (Å²) in [4.78, 5) is 26.2. The number of rotatable bonds is 6. The van der Waals surface area contributed by atoms with Gasteiger partial charge in [0, 0.05) is 6.54 Å². The number of benzene rings is 1. The van der Waals surface area contributed by atoms with Crippen LogP contribution >= 0.6 is 11.3 Å². The summed E-state index contributed by atoms with van der Waals surface area (Å²) in [5, 5.41) is 11.3. The van der Waals surface area contributed by atoms with Crippen LogP contribution in [0, 0.1) is 11.7 Å². The van der Waals surface area contributed by atoms with Crippen LogP contribution in [-0.4, -0.2) is 27.9 Å². The molecule has 23 heavy (non-hydrogen) atoms. The lowest BCUT2D eigenvalue weighted by Gasteiger charge is -2.31. The summed E-state index contributed by atoms with van der Waals surface area (Å²) >= 11 is 1.27. The van der Waals surface area contributed by atoms with E-state index in [9.17, 15) is 19.1 Å². The van der Waals surface area contributed by atoms with Crippen molar-refractivity contribution in [3.05, 3.63) is 58.0 Å². The van der Waals surface area contributed by atoms with Gasteiger partial charge >= 0.3 is 5.97 Å². The van der Waals surface area contributed by atoms with E-state index < -0.39 is 12.0 Å². The molecule has 2 rings (SSSR count). The molecule has 1 atom stereocenters. The maximum Gasteiger partial charge on any atom is 0.326 e. The maximum absolute atomic E-state index is 13.0. The Hall–Kier alpha value is -2.21. The molecule has 0 radical (unpaired) electrons. The van der Waals surface area contributed by atoms with Crippen molar-refractivity contribution in [1.82, 2.24) is 4.90 Å². The van der Waals surface area contributed by atoms with Gasteiger partial charge in [-0.15, -0.1) is 11.3 Å². The minimum absolute atomic E-state index is 0.117. The molecule has 0 aliphatic heterocycles. The highest BCUT2D eigenvalue weighted by Crippen LogP contribution is 2.21. The number of carbonyl (C=O) groups excluding carboxylic acids is 1. The molecule has 1 aromatic carbocycles. The Labute approximate surface area is 138 Å². The van der Waals surface area contributed by atoms with Crippen LogP contribution in [-0.2, 0) is 11.3 Å². The molecule has 0 bridgehead atoms. The van der Waals surface area contributed by atoms with E-state index >= 15 is 0 Å². The number of aliphatic carboxylic acids is 1. The lowest BCUT2D eigenvalue weighted by molar-refractivity contribution is -0.144. The summed E-state index contributed by atoms with van der Waals surface area (Å²) in [7, 11) is 0. The van der Waals surface area contributed by atoms with Crippen LogP contribution in [0.4, 0.5) is 4.39 Å². The average molecular weight is 335 g/mol. The van der Waals surface area contributed by atoms with Crippen molar-refractivity contribution in [2.45, 2.75) is 26.4 Å². The number of hydrogen-bond acceptors (Lipinski definition) is 3. The van der Waals surface area contributed by atoms with Gasteiger partial charge in [0.05, 0.1) is 4.88 Å². The summed E-state index contributed by atoms with van der Waals surface area (Å²) in [5.74, 6) is -2.00. The quantitative estimate of drug-likeness (QED) is 0.877. The number of carbonyl (C=O) groups is 2. The molecule has 6 heteroatoms. The molecule has 2 aromatic rings. The van der Waals surface area contributed by atoms with Gasteiger partial charge < -0.3 is 10.0 Å². The molecule has 0 saturated carbocycles. The van der Waals surface area contributed by atoms with Crippen molar-refractivity contribution in [1.29, 1.82) is 0 Å². The standard InChI is InChI=1S/C17H18FNO3S/c1-11(2)15(17(21)22)19(16(20)14-4-3-9-23-14)10-12-5-7-13(18)8-6-12/h3-9,11,15H,10H2,1-2H3,(H,21,22)/t15-/m0/s1. The largest absolute Gasteiger partial charge is 0.480 e. The molecule has 0 unspecified atom stereocenters. The first-order valence-corrected chi connectivity index (χ1v) is 8.10. The topological polar surface area (TPSA) is 57.6 Å². The van der Waals surface area contributed by atoms with E-state index in [2.05, 4.69) is 0 Å². The number of hydrogen-bond donors (Lipinski definition) is 1. The van der Waals surface area contributed by atoms with Crippen LogP contribution in [0.5, 0.6) is 0 Å². The predicted molar refractivity (Wildman–Crippen MR) is 86.9 cm³/mol. The first kappa shape index (κ1) is 17.1. The fraction of sp³-hybridized carbons (Fsp3) is 0.294. The number of halogens is 1. The van der Waals surface area contributed by atoms with Crippen LogP contribution in [0.2, 0.25) is 0 Å². The second-order valence-corrected chi connectivity index (χ2v) is 6.51. The summed E-state index contributed by atoms with van der Waals surface area (Å²) in [6.45, 7) is 3.64. The number of amides is 1. The third-order valence-electron chi connectivity index (χ3n) is 3.48. The van der Waals surface area contributed by atoms with E-state index in [4.69, 9.17) is 0 Å². The summed E-state index contributed by atoms with van der Waals surface area (Å²) in [6, 6.07) is 8.19. The van der Waals surface area contributed by atoms with Crippen LogP contribution in [0.25, 0.3) is 0 Å². The Bertz CT molecular complexity index is 668. The number of nitrogens with zero attached hydrogens (tertiary/aromatic N) is 1. The molecule has 0 fully saturated rings. The third kappa shape index (κ3) is 4.16. The Balaban J connectivity index is 2.35. The Morgan fingerprint density at radius 3 is 2.35 bits per heavy atom. The zero-order valence-electron chi connectivity index (χ0n) is 12.9. The smallest absolute Gasteiger partial charge is 0.326 e. The third-order valence-corrected chi connectivity index (χ3v) is 4.34. The molecule has 1 N–H and O–H groups in total. The molecule has 1 heterocycles. The van der Waals surface area contributed by atoms with Gasteiger partial charge in [-0.3, -0.25) is 4.79 Å². The van der Waals surface area contributed by atoms with Crippen molar-refractivity contribution in [3.8, 4) is 0 Å². The van der Waals surface area contributed by atoms with Crippen molar-refractivity contribution in [3.63, 3.8) is 0 Å². The lowest BCUT2D eigenvalue weighted by Crippen LogP contribution is -2.47. The van der Waals surface area contributed by atoms with Crippen LogP contribution in [0.3, 0.4) is 0 Å². The summed E-state index contributed by atoms with van der Waals surface area (Å²) < 4.78 is 13.0. The molecule has 0 aliphatic carbocycles. The fourth-order valence-electron chi connectivity index (χ4n) is 2.40. The van der Waals surface area contributed by atoms with E-state index in [1.165, 1.54) is 28.4 Å². The summed E-state index contributed by atoms with van der Waals surface area (Å²) in [5.41, 5.74) is 0.684. The number of carboxylic acid groups (broad SMARTS) is 1. The Morgan fingerprint density at radius 2 is 1.87 bits per heavy atom. The Kier molecular flexibility index (Phi) is 5.50. The van der Waals surface area contributed by atoms with E-state index in [0.717, 1.165) is 0 Å². The van der Waals surface area contributed by atoms with Crippen LogP contribution < -0.4 is 0 Å². The predicted octanol–water partition coefficient (Wildman–Crippen LogP) is 3.64. The average Bonchev–Trinajstić information content (AvgIpc) is 3.01. The van der Waals surface area contributed by atoms with Gasteiger partial charge in [0.25, 0.3) is 5.91 Å². The van der Waals surface area contributed by atoms with E-state index in [1.54, 1.807) is 43.5 Å². The molecule has 1 aromatic heterocycles. The van der Waals surface area contributed by atoms with Crippen LogP contribution in [0.1, 0.15) is 29.1 Å². The highest BCUT2D eigenvalue weighted by molar-refractivity contribution is 7.12. The molecule has 4 nitrogen and oxygen atoms in total. The molecule has 1 amide bonds. The SMILES string of the molecule is CC(C)[C@@H](C(=O)O)N(Cc1ccc(F)cc1)C(=O)c1cccs1. The monoisotopic (exact) mass is 335 g/mol. The van der Waals surface area contributed by atoms with E-state index in [-0.39, 0.29) is 24.2 Å². The first-order chi connectivity index (χ1) is 10.9. The highest BCUT2D eigenvalue weighted by atomic mass is 32.1. The molecule has 122 valence electrons. The maximum atomic E-state index is 13.0. The van der Waals surface area contributed by atoms with Crippen molar-refractivity contribution >= 4 is 23.2 Å². The summed E-state index contributed by atoms with van der Waals surface area (Å²) in [6.07, 6.45) is 0. The molecule has 0 spiro atoms. The van der Waals surface area contributed by atoms with Gasteiger partial charge in [-0.25, -0.2) is 9.18 Å². The minimum atomic E-state index is -1.05. The normalized spacial score (nSPS) is 12.2. The zero-order chi connectivity index (χ0) is 17.0. The van der Waals surface area contributed by atoms with Gasteiger partial charge in [0.15, 0.2) is 0 Å². The van der Waals surface area contributed by atoms with Crippen molar-refractivity contribution in [2.24, 2.45) is 5.92 Å². The Morgan fingerprint density at radius 1 is 1.22 bits per heavy atom. The van der Waals surface area contributed by atoms with Gasteiger partial charge in [-0.05, 0) is 35.1 Å². The van der Waals surface area contributed by atoms with E-state index in [0.29, 0.717) is 10.4 Å². The van der Waals surface area contributed by atoms with Gasteiger partial charge in [-0.1, -0.05) is 32.0 Å².